The van der Waals surface area contributed by atoms with Gasteiger partial charge in [-0.2, -0.15) is 0 Å². The van der Waals surface area contributed by atoms with Gasteiger partial charge in [-0.1, -0.05) is 32.1 Å². The van der Waals surface area contributed by atoms with E-state index in [0.717, 1.165) is 37.8 Å². The van der Waals surface area contributed by atoms with E-state index in [2.05, 4.69) is 31.3 Å². The lowest BCUT2D eigenvalue weighted by molar-refractivity contribution is -0.138. The van der Waals surface area contributed by atoms with Crippen LogP contribution >= 0.6 is 0 Å². The van der Waals surface area contributed by atoms with E-state index in [0.29, 0.717) is 23.3 Å². The Balaban J connectivity index is 2.17. The molecular weight excluding hydrogens is 354 g/mol. The van der Waals surface area contributed by atoms with Crippen LogP contribution in [0.5, 0.6) is 0 Å². The summed E-state index contributed by atoms with van der Waals surface area (Å²) in [5.41, 5.74) is 14.0. The van der Waals surface area contributed by atoms with Gasteiger partial charge in [0, 0.05) is 12.1 Å². The first-order valence-corrected chi connectivity index (χ1v) is 10.1. The van der Waals surface area contributed by atoms with Gasteiger partial charge in [-0.3, -0.25) is 9.59 Å². The van der Waals surface area contributed by atoms with Crippen molar-refractivity contribution in [3.8, 4) is 0 Å². The summed E-state index contributed by atoms with van der Waals surface area (Å²) in [5, 5.41) is 11.4. The standard InChI is InChI=1S/C22H33N3O3/c1-14(2)19-10-9-17-12-18(21(26)25-13-20(24)22(27)28)8-6-15(17)5-7-16(19)4-3-11-23/h6,8-10,12,14,16,19-20H,3-5,7,11,13,23-24H2,1-2H3,(H,25,26)(H,27,28). The molecule has 1 aliphatic rings. The summed E-state index contributed by atoms with van der Waals surface area (Å²) in [6, 6.07) is 4.57. The number of nitrogens with one attached hydrogen (secondary N) is 1. The third-order valence-corrected chi connectivity index (χ3v) is 5.58. The molecule has 1 aromatic carbocycles. The molecule has 0 radical (unpaired) electrons. The Hall–Kier alpha value is -2.18. The van der Waals surface area contributed by atoms with Gasteiger partial charge in [0.1, 0.15) is 6.04 Å². The summed E-state index contributed by atoms with van der Waals surface area (Å²) in [4.78, 5) is 23.2. The van der Waals surface area contributed by atoms with Crippen LogP contribution in [-0.4, -0.2) is 36.1 Å². The number of aryl methyl sites for hydroxylation is 1. The first-order valence-electron chi connectivity index (χ1n) is 10.1. The van der Waals surface area contributed by atoms with Crippen LogP contribution < -0.4 is 16.8 Å². The quantitative estimate of drug-likeness (QED) is 0.546. The van der Waals surface area contributed by atoms with Crippen molar-refractivity contribution >= 4 is 18.0 Å². The maximum Gasteiger partial charge on any atom is 0.322 e. The van der Waals surface area contributed by atoms with Crippen molar-refractivity contribution in [2.45, 2.75) is 45.6 Å². The lowest BCUT2D eigenvalue weighted by Crippen LogP contribution is -2.42. The number of carboxylic acids is 1. The number of allylic oxidation sites excluding steroid dienone is 1. The zero-order valence-electron chi connectivity index (χ0n) is 16.9. The van der Waals surface area contributed by atoms with Crippen LogP contribution in [0.4, 0.5) is 0 Å². The maximum atomic E-state index is 12.4. The zero-order chi connectivity index (χ0) is 20.7. The minimum atomic E-state index is -1.13. The number of rotatable bonds is 8. The van der Waals surface area contributed by atoms with E-state index in [9.17, 15) is 9.59 Å². The van der Waals surface area contributed by atoms with E-state index in [4.69, 9.17) is 16.6 Å². The van der Waals surface area contributed by atoms with Gasteiger partial charge in [0.15, 0.2) is 0 Å². The van der Waals surface area contributed by atoms with Crippen molar-refractivity contribution in [2.24, 2.45) is 29.2 Å². The lowest BCUT2D eigenvalue weighted by Gasteiger charge is -2.30. The second-order valence-corrected chi connectivity index (χ2v) is 7.98. The number of hydrogen-bond acceptors (Lipinski definition) is 4. The van der Waals surface area contributed by atoms with E-state index in [1.165, 1.54) is 5.56 Å². The van der Waals surface area contributed by atoms with E-state index in [1.807, 2.05) is 12.1 Å². The van der Waals surface area contributed by atoms with Gasteiger partial charge in [-0.15, -0.1) is 0 Å². The van der Waals surface area contributed by atoms with Crippen molar-refractivity contribution in [1.29, 1.82) is 0 Å². The molecule has 1 aliphatic carbocycles. The number of benzene rings is 1. The highest BCUT2D eigenvalue weighted by Crippen LogP contribution is 2.33. The van der Waals surface area contributed by atoms with Crippen molar-refractivity contribution in [2.75, 3.05) is 13.1 Å². The van der Waals surface area contributed by atoms with Crippen LogP contribution in [0.25, 0.3) is 6.08 Å². The molecule has 2 rings (SSSR count). The smallest absolute Gasteiger partial charge is 0.322 e. The Labute approximate surface area is 167 Å². The molecule has 0 aliphatic heterocycles. The molecule has 1 aromatic rings. The highest BCUT2D eigenvalue weighted by Gasteiger charge is 2.24. The average Bonchev–Trinajstić information content (AvgIpc) is 2.65. The first kappa shape index (κ1) is 22.1. The summed E-state index contributed by atoms with van der Waals surface area (Å²) >= 11 is 0. The van der Waals surface area contributed by atoms with Crippen LogP contribution in [0, 0.1) is 17.8 Å². The Morgan fingerprint density at radius 1 is 1.32 bits per heavy atom. The normalized spacial score (nSPS) is 20.2. The molecule has 0 aromatic heterocycles. The van der Waals surface area contributed by atoms with Crippen molar-refractivity contribution < 1.29 is 14.7 Å². The Kier molecular flexibility index (Phi) is 8.20. The highest BCUT2D eigenvalue weighted by atomic mass is 16.4. The molecule has 0 saturated carbocycles. The fraction of sp³-hybridized carbons (Fsp3) is 0.545. The van der Waals surface area contributed by atoms with Crippen LogP contribution in [0.3, 0.4) is 0 Å². The van der Waals surface area contributed by atoms with Gasteiger partial charge >= 0.3 is 5.97 Å². The maximum absolute atomic E-state index is 12.4. The molecule has 28 heavy (non-hydrogen) atoms. The Bertz CT molecular complexity index is 715. The summed E-state index contributed by atoms with van der Waals surface area (Å²) in [5.74, 6) is 0.213. The minimum Gasteiger partial charge on any atom is -0.480 e. The zero-order valence-corrected chi connectivity index (χ0v) is 16.9. The fourth-order valence-electron chi connectivity index (χ4n) is 3.90. The molecule has 0 heterocycles. The van der Waals surface area contributed by atoms with E-state index in [1.54, 1.807) is 6.07 Å². The van der Waals surface area contributed by atoms with Gasteiger partial charge < -0.3 is 21.9 Å². The van der Waals surface area contributed by atoms with Crippen molar-refractivity contribution in [3.05, 3.63) is 41.0 Å². The SMILES string of the molecule is CC(C)C1C=Cc2cc(C(=O)NCC(N)C(=O)O)ccc2CCC1CCCN. The minimum absolute atomic E-state index is 0.0979. The third kappa shape index (κ3) is 5.91. The first-order chi connectivity index (χ1) is 13.3. The highest BCUT2D eigenvalue weighted by molar-refractivity contribution is 5.95. The molecule has 6 heteroatoms. The number of nitrogens with two attached hydrogens (primary N) is 2. The monoisotopic (exact) mass is 387 g/mol. The largest absolute Gasteiger partial charge is 0.480 e. The molecule has 154 valence electrons. The molecule has 0 spiro atoms. The van der Waals surface area contributed by atoms with E-state index >= 15 is 0 Å². The molecule has 1 amide bonds. The predicted molar refractivity (Wildman–Crippen MR) is 112 cm³/mol. The van der Waals surface area contributed by atoms with Crippen LogP contribution in [0.15, 0.2) is 24.3 Å². The van der Waals surface area contributed by atoms with Crippen LogP contribution in [0.1, 0.15) is 54.6 Å². The summed E-state index contributed by atoms with van der Waals surface area (Å²) in [6.07, 6.45) is 8.69. The number of amides is 1. The second kappa shape index (κ2) is 10.4. The molecule has 3 atom stereocenters. The lowest BCUT2D eigenvalue weighted by atomic mass is 9.75. The Morgan fingerprint density at radius 2 is 2.07 bits per heavy atom. The topological polar surface area (TPSA) is 118 Å². The molecule has 6 nitrogen and oxygen atoms in total. The number of carbonyl (C=O) groups excluding carboxylic acids is 1. The number of fused-ring (bicyclic) bond motifs is 1. The number of carbonyl (C=O) groups is 2. The number of hydrogen-bond donors (Lipinski definition) is 4. The van der Waals surface area contributed by atoms with Gasteiger partial charge in [0.05, 0.1) is 0 Å². The van der Waals surface area contributed by atoms with Gasteiger partial charge in [-0.25, -0.2) is 0 Å². The van der Waals surface area contributed by atoms with Crippen LogP contribution in [-0.2, 0) is 11.2 Å². The molecule has 0 fully saturated rings. The molecular formula is C22H33N3O3. The van der Waals surface area contributed by atoms with Gasteiger partial charge in [0.2, 0.25) is 0 Å². The summed E-state index contributed by atoms with van der Waals surface area (Å²) in [7, 11) is 0. The van der Waals surface area contributed by atoms with Gasteiger partial charge in [0.25, 0.3) is 5.91 Å². The molecule has 3 unspecified atom stereocenters. The van der Waals surface area contributed by atoms with E-state index in [-0.39, 0.29) is 12.5 Å². The van der Waals surface area contributed by atoms with Crippen molar-refractivity contribution in [1.82, 2.24) is 5.32 Å². The fourth-order valence-corrected chi connectivity index (χ4v) is 3.90. The van der Waals surface area contributed by atoms with Gasteiger partial charge in [-0.05, 0) is 73.2 Å². The predicted octanol–water partition coefficient (Wildman–Crippen LogP) is 2.42. The number of aliphatic carboxylic acids is 1. The van der Waals surface area contributed by atoms with E-state index < -0.39 is 12.0 Å². The van der Waals surface area contributed by atoms with Crippen LogP contribution in [0.2, 0.25) is 0 Å². The average molecular weight is 388 g/mol. The molecule has 0 bridgehead atoms. The summed E-state index contributed by atoms with van der Waals surface area (Å²) in [6.45, 7) is 5.13. The number of carboxylic acid groups (broad SMARTS) is 1. The Morgan fingerprint density at radius 3 is 2.71 bits per heavy atom. The second-order valence-electron chi connectivity index (χ2n) is 7.98. The molecule has 6 N–H and O–H groups in total. The van der Waals surface area contributed by atoms with Crippen molar-refractivity contribution in [3.63, 3.8) is 0 Å². The molecule has 0 saturated heterocycles. The third-order valence-electron chi connectivity index (χ3n) is 5.58. The summed E-state index contributed by atoms with van der Waals surface area (Å²) < 4.78 is 0.